The number of halogens is 3. The van der Waals surface area contributed by atoms with Gasteiger partial charge in [0.15, 0.2) is 0 Å². The van der Waals surface area contributed by atoms with Crippen LogP contribution in [0.25, 0.3) is 0 Å². The van der Waals surface area contributed by atoms with E-state index in [9.17, 15) is 18.0 Å². The van der Waals surface area contributed by atoms with Gasteiger partial charge in [-0.05, 0) is 30.7 Å². The fourth-order valence-corrected chi connectivity index (χ4v) is 2.04. The predicted molar refractivity (Wildman–Crippen MR) is 75.9 cm³/mol. The lowest BCUT2D eigenvalue weighted by Gasteiger charge is -2.14. The number of alkyl halides is 3. The summed E-state index contributed by atoms with van der Waals surface area (Å²) in [6.45, 7) is 1.77. The van der Waals surface area contributed by atoms with Gasteiger partial charge in [0.05, 0.1) is 23.7 Å². The van der Waals surface area contributed by atoms with E-state index in [1.165, 1.54) is 12.1 Å². The molecule has 1 heterocycles. The number of carbonyl (C=O) groups excluding carboxylic acids is 1. The molecule has 0 saturated heterocycles. The summed E-state index contributed by atoms with van der Waals surface area (Å²) >= 11 is 0. The van der Waals surface area contributed by atoms with Crippen molar-refractivity contribution in [2.75, 3.05) is 0 Å². The van der Waals surface area contributed by atoms with E-state index in [4.69, 9.17) is 0 Å². The Morgan fingerprint density at radius 2 is 2.00 bits per heavy atom. The van der Waals surface area contributed by atoms with Crippen molar-refractivity contribution in [1.82, 2.24) is 10.3 Å². The minimum atomic E-state index is -4.41. The van der Waals surface area contributed by atoms with Crippen LogP contribution < -0.4 is 5.32 Å². The van der Waals surface area contributed by atoms with Gasteiger partial charge in [0.1, 0.15) is 0 Å². The number of aromatic nitrogens is 1. The molecule has 0 radical (unpaired) electrons. The molecule has 0 fully saturated rings. The highest BCUT2D eigenvalue weighted by atomic mass is 19.4. The average Bonchev–Trinajstić information content (AvgIpc) is 2.47. The minimum absolute atomic E-state index is 0.110. The Morgan fingerprint density at radius 1 is 1.23 bits per heavy atom. The molecule has 1 amide bonds. The third kappa shape index (κ3) is 4.31. The van der Waals surface area contributed by atoms with Crippen molar-refractivity contribution < 1.29 is 18.0 Å². The molecule has 2 aromatic rings. The molecule has 3 nitrogen and oxygen atoms in total. The zero-order valence-electron chi connectivity index (χ0n) is 11.9. The Labute approximate surface area is 126 Å². The minimum Gasteiger partial charge on any atom is -0.348 e. The number of rotatable bonds is 4. The Kier molecular flexibility index (Phi) is 4.80. The van der Waals surface area contributed by atoms with Crippen molar-refractivity contribution in [3.05, 3.63) is 65.5 Å². The van der Waals surface area contributed by atoms with Crippen LogP contribution in [0.15, 0.2) is 48.7 Å². The number of amides is 1. The van der Waals surface area contributed by atoms with Crippen LogP contribution in [-0.2, 0) is 17.4 Å². The van der Waals surface area contributed by atoms with Crippen molar-refractivity contribution in [1.29, 1.82) is 0 Å². The number of hydrogen-bond donors (Lipinski definition) is 1. The van der Waals surface area contributed by atoms with Gasteiger partial charge in [0, 0.05) is 6.20 Å². The number of benzene rings is 1. The molecule has 1 atom stereocenters. The molecule has 0 spiro atoms. The van der Waals surface area contributed by atoms with Gasteiger partial charge in [-0.2, -0.15) is 13.2 Å². The summed E-state index contributed by atoms with van der Waals surface area (Å²) in [5.41, 5.74) is 0.260. The largest absolute Gasteiger partial charge is 0.416 e. The third-order valence-corrected chi connectivity index (χ3v) is 3.13. The summed E-state index contributed by atoms with van der Waals surface area (Å²) in [4.78, 5) is 16.1. The quantitative estimate of drug-likeness (QED) is 0.939. The predicted octanol–water partition coefficient (Wildman–Crippen LogP) is 3.52. The monoisotopic (exact) mass is 308 g/mol. The van der Waals surface area contributed by atoms with Crippen molar-refractivity contribution in [2.24, 2.45) is 0 Å². The molecule has 22 heavy (non-hydrogen) atoms. The molecule has 116 valence electrons. The first-order chi connectivity index (χ1) is 10.4. The SMILES string of the molecule is C[C@H](NC(=O)Cc1cccc(C(F)(F)F)c1)c1ccccn1. The molecule has 0 bridgehead atoms. The van der Waals surface area contributed by atoms with Gasteiger partial charge < -0.3 is 5.32 Å². The molecule has 1 N–H and O–H groups in total. The second-order valence-electron chi connectivity index (χ2n) is 4.92. The van der Waals surface area contributed by atoms with Gasteiger partial charge in [-0.25, -0.2) is 0 Å². The van der Waals surface area contributed by atoms with Gasteiger partial charge in [0.25, 0.3) is 0 Å². The van der Waals surface area contributed by atoms with E-state index in [0.717, 1.165) is 12.1 Å². The van der Waals surface area contributed by atoms with Crippen molar-refractivity contribution >= 4 is 5.91 Å². The van der Waals surface area contributed by atoms with E-state index in [2.05, 4.69) is 10.3 Å². The van der Waals surface area contributed by atoms with Gasteiger partial charge in [0.2, 0.25) is 5.91 Å². The summed E-state index contributed by atoms with van der Waals surface area (Å²) in [6, 6.07) is 9.81. The number of carbonyl (C=O) groups is 1. The molecule has 0 aliphatic rings. The van der Waals surface area contributed by atoms with Crippen LogP contribution in [-0.4, -0.2) is 10.9 Å². The maximum Gasteiger partial charge on any atom is 0.416 e. The highest BCUT2D eigenvalue weighted by Crippen LogP contribution is 2.29. The fourth-order valence-electron chi connectivity index (χ4n) is 2.04. The third-order valence-electron chi connectivity index (χ3n) is 3.13. The average molecular weight is 308 g/mol. The second kappa shape index (κ2) is 6.60. The normalized spacial score (nSPS) is 12.7. The standard InChI is InChI=1S/C16H15F3N2O/c1-11(14-7-2-3-8-20-14)21-15(22)10-12-5-4-6-13(9-12)16(17,18)19/h2-9,11H,10H2,1H3,(H,21,22)/t11-/m0/s1. The van der Waals surface area contributed by atoms with Crippen LogP contribution >= 0.6 is 0 Å². The number of hydrogen-bond acceptors (Lipinski definition) is 2. The molecule has 0 aliphatic heterocycles. The van der Waals surface area contributed by atoms with Crippen LogP contribution in [0, 0.1) is 0 Å². The Balaban J connectivity index is 2.01. The van der Waals surface area contributed by atoms with E-state index >= 15 is 0 Å². The van der Waals surface area contributed by atoms with E-state index in [0.29, 0.717) is 11.3 Å². The fraction of sp³-hybridized carbons (Fsp3) is 0.250. The molecule has 1 aromatic heterocycles. The Bertz CT molecular complexity index is 641. The van der Waals surface area contributed by atoms with Gasteiger partial charge >= 0.3 is 6.18 Å². The zero-order valence-corrected chi connectivity index (χ0v) is 11.9. The van der Waals surface area contributed by atoms with Crippen LogP contribution in [0.2, 0.25) is 0 Å². The van der Waals surface area contributed by atoms with Crippen LogP contribution in [0.3, 0.4) is 0 Å². The molecule has 2 rings (SSSR count). The Morgan fingerprint density at radius 3 is 2.64 bits per heavy atom. The lowest BCUT2D eigenvalue weighted by atomic mass is 10.1. The maximum absolute atomic E-state index is 12.6. The summed E-state index contributed by atoms with van der Waals surface area (Å²) < 4.78 is 37.9. The van der Waals surface area contributed by atoms with Crippen molar-refractivity contribution in [3.8, 4) is 0 Å². The molecule has 0 aliphatic carbocycles. The smallest absolute Gasteiger partial charge is 0.348 e. The lowest BCUT2D eigenvalue weighted by molar-refractivity contribution is -0.137. The molecule has 6 heteroatoms. The lowest BCUT2D eigenvalue weighted by Crippen LogP contribution is -2.28. The van der Waals surface area contributed by atoms with Crippen LogP contribution in [0.1, 0.15) is 29.8 Å². The maximum atomic E-state index is 12.6. The van der Waals surface area contributed by atoms with Gasteiger partial charge in [-0.15, -0.1) is 0 Å². The highest BCUT2D eigenvalue weighted by molar-refractivity contribution is 5.79. The highest BCUT2D eigenvalue weighted by Gasteiger charge is 2.30. The zero-order chi connectivity index (χ0) is 16.2. The van der Waals surface area contributed by atoms with Gasteiger partial charge in [-0.3, -0.25) is 9.78 Å². The van der Waals surface area contributed by atoms with Crippen LogP contribution in [0.4, 0.5) is 13.2 Å². The first kappa shape index (κ1) is 16.0. The summed E-state index contributed by atoms with van der Waals surface area (Å²) in [5, 5.41) is 2.72. The van der Waals surface area contributed by atoms with Crippen molar-refractivity contribution in [3.63, 3.8) is 0 Å². The molecule has 0 saturated carbocycles. The number of nitrogens with one attached hydrogen (secondary N) is 1. The summed E-state index contributed by atoms with van der Waals surface area (Å²) in [5.74, 6) is -0.350. The van der Waals surface area contributed by atoms with Gasteiger partial charge in [-0.1, -0.05) is 24.3 Å². The van der Waals surface area contributed by atoms with Crippen molar-refractivity contribution in [2.45, 2.75) is 25.6 Å². The topological polar surface area (TPSA) is 42.0 Å². The first-order valence-corrected chi connectivity index (χ1v) is 6.72. The van der Waals surface area contributed by atoms with E-state index in [1.807, 2.05) is 0 Å². The Hall–Kier alpha value is -2.37. The molecular formula is C16H15F3N2O. The summed E-state index contributed by atoms with van der Waals surface area (Å²) in [6.07, 6.45) is -2.90. The number of pyridine rings is 1. The van der Waals surface area contributed by atoms with Crippen LogP contribution in [0.5, 0.6) is 0 Å². The second-order valence-corrected chi connectivity index (χ2v) is 4.92. The number of nitrogens with zero attached hydrogens (tertiary/aromatic N) is 1. The molecule has 1 aromatic carbocycles. The van der Waals surface area contributed by atoms with E-state index in [-0.39, 0.29) is 18.4 Å². The summed E-state index contributed by atoms with van der Waals surface area (Å²) in [7, 11) is 0. The first-order valence-electron chi connectivity index (χ1n) is 6.72. The van der Waals surface area contributed by atoms with E-state index < -0.39 is 11.7 Å². The van der Waals surface area contributed by atoms with E-state index in [1.54, 1.807) is 31.3 Å². The molecule has 0 unspecified atom stereocenters. The molecular weight excluding hydrogens is 293 g/mol.